The Bertz CT molecular complexity index is 679. The third-order valence-corrected chi connectivity index (χ3v) is 4.77. The zero-order chi connectivity index (χ0) is 16.4. The van der Waals surface area contributed by atoms with Crippen molar-refractivity contribution in [3.63, 3.8) is 0 Å². The molecule has 8 heteroatoms. The molecule has 3 heterocycles. The maximum Gasteiger partial charge on any atom is 0.226 e. The highest BCUT2D eigenvalue weighted by atomic mass is 16.5. The number of aryl methyl sites for hydroxylation is 1. The first kappa shape index (κ1) is 15.3. The highest BCUT2D eigenvalue weighted by molar-refractivity contribution is 5.76. The lowest BCUT2D eigenvalue weighted by Gasteiger charge is -2.32. The van der Waals surface area contributed by atoms with Gasteiger partial charge >= 0.3 is 0 Å². The Morgan fingerprint density at radius 3 is 3.04 bits per heavy atom. The van der Waals surface area contributed by atoms with Crippen LogP contribution in [-0.4, -0.2) is 48.8 Å². The highest BCUT2D eigenvalue weighted by Crippen LogP contribution is 2.38. The van der Waals surface area contributed by atoms with Gasteiger partial charge in [0.1, 0.15) is 12.7 Å². The Morgan fingerprint density at radius 2 is 2.25 bits per heavy atom. The van der Waals surface area contributed by atoms with Crippen LogP contribution in [0.2, 0.25) is 0 Å². The van der Waals surface area contributed by atoms with E-state index in [1.54, 1.807) is 12.7 Å². The van der Waals surface area contributed by atoms with Gasteiger partial charge < -0.3 is 9.42 Å². The molecule has 128 valence electrons. The molecule has 1 saturated carbocycles. The van der Waals surface area contributed by atoms with E-state index < -0.39 is 0 Å². The van der Waals surface area contributed by atoms with E-state index in [4.69, 9.17) is 4.52 Å². The van der Waals surface area contributed by atoms with Crippen molar-refractivity contribution in [2.75, 3.05) is 13.1 Å². The van der Waals surface area contributed by atoms with Gasteiger partial charge in [0.15, 0.2) is 5.82 Å². The topological polar surface area (TPSA) is 89.9 Å². The molecule has 0 spiro atoms. The molecular weight excluding hydrogens is 308 g/mol. The smallest absolute Gasteiger partial charge is 0.226 e. The Hall–Kier alpha value is -2.25. The second-order valence-corrected chi connectivity index (χ2v) is 6.69. The van der Waals surface area contributed by atoms with Crippen LogP contribution in [0.4, 0.5) is 0 Å². The zero-order valence-electron chi connectivity index (χ0n) is 13.7. The third kappa shape index (κ3) is 3.47. The largest absolute Gasteiger partial charge is 0.341 e. The Labute approximate surface area is 140 Å². The minimum absolute atomic E-state index is 0.196. The second kappa shape index (κ2) is 6.70. The molecule has 1 unspecified atom stereocenters. The summed E-state index contributed by atoms with van der Waals surface area (Å²) < 4.78 is 7.11. The first-order chi connectivity index (χ1) is 11.8. The quantitative estimate of drug-likeness (QED) is 0.801. The van der Waals surface area contributed by atoms with E-state index in [0.29, 0.717) is 31.2 Å². The van der Waals surface area contributed by atoms with Gasteiger partial charge in [0.25, 0.3) is 0 Å². The lowest BCUT2D eigenvalue weighted by Crippen LogP contribution is -2.40. The van der Waals surface area contributed by atoms with Crippen LogP contribution >= 0.6 is 0 Å². The molecule has 0 N–H and O–H groups in total. The summed E-state index contributed by atoms with van der Waals surface area (Å²) in [4.78, 5) is 22.8. The fourth-order valence-electron chi connectivity index (χ4n) is 3.23. The standard InChI is InChI=1S/C16H22N6O2/c23-15(5-1-4-14-19-16(20-24-14)12-6-7-12)21-8-2-3-13(9-21)22-11-17-10-18-22/h10-13H,1-9H2. The van der Waals surface area contributed by atoms with Gasteiger partial charge in [-0.25, -0.2) is 9.67 Å². The van der Waals surface area contributed by atoms with Crippen LogP contribution in [0.1, 0.15) is 62.2 Å². The normalized spacial score (nSPS) is 21.2. The molecule has 4 rings (SSSR count). The van der Waals surface area contributed by atoms with Crippen LogP contribution in [-0.2, 0) is 11.2 Å². The lowest BCUT2D eigenvalue weighted by molar-refractivity contribution is -0.133. The molecule has 1 amide bonds. The highest BCUT2D eigenvalue weighted by Gasteiger charge is 2.29. The van der Waals surface area contributed by atoms with Gasteiger partial charge in [-0.05, 0) is 32.1 Å². The Morgan fingerprint density at radius 1 is 1.33 bits per heavy atom. The van der Waals surface area contributed by atoms with Crippen LogP contribution in [0.3, 0.4) is 0 Å². The SMILES string of the molecule is O=C(CCCc1nc(C2CC2)no1)N1CCCC(n2cncn2)C1. The number of amides is 1. The number of carbonyl (C=O) groups is 1. The molecule has 1 aliphatic heterocycles. The van der Waals surface area contributed by atoms with E-state index in [2.05, 4.69) is 20.2 Å². The van der Waals surface area contributed by atoms with Crippen molar-refractivity contribution < 1.29 is 9.32 Å². The average molecular weight is 330 g/mol. The maximum absolute atomic E-state index is 12.4. The molecule has 1 saturated heterocycles. The molecule has 24 heavy (non-hydrogen) atoms. The molecule has 2 aliphatic rings. The second-order valence-electron chi connectivity index (χ2n) is 6.69. The summed E-state index contributed by atoms with van der Waals surface area (Å²) in [6, 6.07) is 0.238. The first-order valence-corrected chi connectivity index (χ1v) is 8.74. The Balaban J connectivity index is 1.24. The molecule has 1 atom stereocenters. The van der Waals surface area contributed by atoms with Crippen LogP contribution in [0.5, 0.6) is 0 Å². The van der Waals surface area contributed by atoms with E-state index in [1.165, 1.54) is 12.8 Å². The van der Waals surface area contributed by atoms with Crippen molar-refractivity contribution in [3.05, 3.63) is 24.4 Å². The van der Waals surface area contributed by atoms with Crippen LogP contribution in [0, 0.1) is 0 Å². The summed E-state index contributed by atoms with van der Waals surface area (Å²) in [5, 5.41) is 8.20. The summed E-state index contributed by atoms with van der Waals surface area (Å²) >= 11 is 0. The number of hydrogen-bond acceptors (Lipinski definition) is 6. The number of hydrogen-bond donors (Lipinski definition) is 0. The van der Waals surface area contributed by atoms with Gasteiger partial charge in [-0.3, -0.25) is 4.79 Å². The van der Waals surface area contributed by atoms with Gasteiger partial charge in [0.05, 0.1) is 6.04 Å². The minimum atomic E-state index is 0.196. The summed E-state index contributed by atoms with van der Waals surface area (Å²) in [6.07, 6.45) is 9.59. The van der Waals surface area contributed by atoms with Crippen LogP contribution < -0.4 is 0 Å². The van der Waals surface area contributed by atoms with Gasteiger partial charge in [0, 0.05) is 31.8 Å². The maximum atomic E-state index is 12.4. The van der Waals surface area contributed by atoms with E-state index in [0.717, 1.165) is 31.6 Å². The monoisotopic (exact) mass is 330 g/mol. The predicted octanol–water partition coefficient (Wildman–Crippen LogP) is 1.72. The minimum Gasteiger partial charge on any atom is -0.341 e. The number of likely N-dealkylation sites (tertiary alicyclic amines) is 1. The molecule has 0 bridgehead atoms. The van der Waals surface area contributed by atoms with Crippen molar-refractivity contribution in [2.45, 2.75) is 56.9 Å². The van der Waals surface area contributed by atoms with Crippen molar-refractivity contribution in [3.8, 4) is 0 Å². The fourth-order valence-corrected chi connectivity index (χ4v) is 3.23. The van der Waals surface area contributed by atoms with Crippen molar-refractivity contribution in [2.24, 2.45) is 0 Å². The number of nitrogens with zero attached hydrogens (tertiary/aromatic N) is 6. The summed E-state index contributed by atoms with van der Waals surface area (Å²) in [5.41, 5.74) is 0. The van der Waals surface area contributed by atoms with E-state index >= 15 is 0 Å². The first-order valence-electron chi connectivity index (χ1n) is 8.74. The number of carbonyl (C=O) groups excluding carboxylic acids is 1. The molecule has 0 aromatic carbocycles. The van der Waals surface area contributed by atoms with Crippen molar-refractivity contribution in [1.29, 1.82) is 0 Å². The van der Waals surface area contributed by atoms with E-state index in [-0.39, 0.29) is 11.9 Å². The summed E-state index contributed by atoms with van der Waals surface area (Å²) in [6.45, 7) is 1.55. The molecule has 2 aromatic heterocycles. The van der Waals surface area contributed by atoms with Gasteiger partial charge in [-0.2, -0.15) is 10.1 Å². The lowest BCUT2D eigenvalue weighted by atomic mass is 10.1. The molecule has 2 fully saturated rings. The fraction of sp³-hybridized carbons (Fsp3) is 0.688. The molecule has 0 radical (unpaired) electrons. The predicted molar refractivity (Wildman–Crippen MR) is 84.1 cm³/mol. The third-order valence-electron chi connectivity index (χ3n) is 4.77. The van der Waals surface area contributed by atoms with E-state index in [9.17, 15) is 4.79 Å². The molecule has 2 aromatic rings. The zero-order valence-corrected chi connectivity index (χ0v) is 13.7. The number of piperidine rings is 1. The molecule has 8 nitrogen and oxygen atoms in total. The molecular formula is C16H22N6O2. The molecule has 1 aliphatic carbocycles. The van der Waals surface area contributed by atoms with Crippen molar-refractivity contribution >= 4 is 5.91 Å². The van der Waals surface area contributed by atoms with Crippen molar-refractivity contribution in [1.82, 2.24) is 29.8 Å². The number of aromatic nitrogens is 5. The van der Waals surface area contributed by atoms with Gasteiger partial charge in [0.2, 0.25) is 11.8 Å². The van der Waals surface area contributed by atoms with Crippen LogP contribution in [0.15, 0.2) is 17.2 Å². The van der Waals surface area contributed by atoms with Gasteiger partial charge in [-0.15, -0.1) is 0 Å². The average Bonchev–Trinajstić information content (AvgIpc) is 3.12. The van der Waals surface area contributed by atoms with E-state index in [1.807, 2.05) is 9.58 Å². The number of rotatable bonds is 6. The summed E-state index contributed by atoms with van der Waals surface area (Å²) in [7, 11) is 0. The van der Waals surface area contributed by atoms with Gasteiger partial charge in [-0.1, -0.05) is 5.16 Å². The van der Waals surface area contributed by atoms with Crippen LogP contribution in [0.25, 0.3) is 0 Å². The Kier molecular flexibility index (Phi) is 4.27. The summed E-state index contributed by atoms with van der Waals surface area (Å²) in [5.74, 6) is 2.19.